The highest BCUT2D eigenvalue weighted by Crippen LogP contribution is 2.26. The molecular formula is C19H22ClN3O3. The molecule has 0 aromatic heterocycles. The van der Waals surface area contributed by atoms with Gasteiger partial charge in [-0.15, -0.1) is 0 Å². The highest BCUT2D eigenvalue weighted by atomic mass is 35.5. The molecule has 0 atom stereocenters. The van der Waals surface area contributed by atoms with Gasteiger partial charge in [-0.05, 0) is 36.8 Å². The van der Waals surface area contributed by atoms with E-state index in [0.29, 0.717) is 28.6 Å². The van der Waals surface area contributed by atoms with E-state index < -0.39 is 0 Å². The molecule has 0 heterocycles. The van der Waals surface area contributed by atoms with Crippen LogP contribution in [0.25, 0.3) is 0 Å². The summed E-state index contributed by atoms with van der Waals surface area (Å²) in [6, 6.07) is 12.3. The lowest BCUT2D eigenvalue weighted by Gasteiger charge is -2.12. The Hall–Kier alpha value is -2.73. The van der Waals surface area contributed by atoms with Gasteiger partial charge in [-0.1, -0.05) is 24.6 Å². The van der Waals surface area contributed by atoms with Gasteiger partial charge in [-0.3, -0.25) is 9.59 Å². The minimum atomic E-state index is -0.258. The lowest BCUT2D eigenvalue weighted by Crippen LogP contribution is -2.22. The smallest absolute Gasteiger partial charge is 0.243 e. The van der Waals surface area contributed by atoms with Crippen LogP contribution in [0.4, 0.5) is 17.1 Å². The number of methoxy groups -OCH3 is 1. The Kier molecular flexibility index (Phi) is 7.29. The van der Waals surface area contributed by atoms with Gasteiger partial charge in [0, 0.05) is 23.9 Å². The van der Waals surface area contributed by atoms with E-state index in [-0.39, 0.29) is 18.4 Å². The maximum absolute atomic E-state index is 12.2. The maximum Gasteiger partial charge on any atom is 0.243 e. The molecular weight excluding hydrogens is 354 g/mol. The summed E-state index contributed by atoms with van der Waals surface area (Å²) in [7, 11) is 1.58. The normalized spacial score (nSPS) is 10.1. The summed E-state index contributed by atoms with van der Waals surface area (Å²) in [6.07, 6.45) is 1.20. The number of amides is 2. The van der Waals surface area contributed by atoms with E-state index in [1.807, 2.05) is 25.1 Å². The Bertz CT molecular complexity index is 780. The molecule has 0 unspecified atom stereocenters. The summed E-state index contributed by atoms with van der Waals surface area (Å²) < 4.78 is 5.14. The number of anilines is 3. The summed E-state index contributed by atoms with van der Waals surface area (Å²) in [6.45, 7) is 2.00. The minimum Gasteiger partial charge on any atom is -0.497 e. The zero-order valence-corrected chi connectivity index (χ0v) is 15.5. The molecule has 0 saturated carbocycles. The Balaban J connectivity index is 1.96. The van der Waals surface area contributed by atoms with Gasteiger partial charge in [0.15, 0.2) is 0 Å². The number of carbonyl (C=O) groups is 2. The van der Waals surface area contributed by atoms with Crippen molar-refractivity contribution in [3.63, 3.8) is 0 Å². The predicted molar refractivity (Wildman–Crippen MR) is 105 cm³/mol. The third kappa shape index (κ3) is 5.97. The maximum atomic E-state index is 12.2. The molecule has 0 radical (unpaired) electrons. The Morgan fingerprint density at radius 1 is 1.04 bits per heavy atom. The fraction of sp³-hybridized carbons (Fsp3) is 0.263. The van der Waals surface area contributed by atoms with Gasteiger partial charge >= 0.3 is 0 Å². The summed E-state index contributed by atoms with van der Waals surface area (Å²) in [4.78, 5) is 23.9. The van der Waals surface area contributed by atoms with Crippen LogP contribution in [0.3, 0.4) is 0 Å². The monoisotopic (exact) mass is 375 g/mol. The first-order valence-electron chi connectivity index (χ1n) is 8.29. The number of nitrogens with one attached hydrogen (secondary N) is 3. The lowest BCUT2D eigenvalue weighted by atomic mass is 10.2. The largest absolute Gasteiger partial charge is 0.497 e. The van der Waals surface area contributed by atoms with E-state index in [0.717, 1.165) is 12.1 Å². The van der Waals surface area contributed by atoms with E-state index in [4.69, 9.17) is 16.3 Å². The van der Waals surface area contributed by atoms with E-state index in [1.54, 1.807) is 31.4 Å². The molecule has 0 saturated heterocycles. The third-order valence-electron chi connectivity index (χ3n) is 3.52. The van der Waals surface area contributed by atoms with Crippen LogP contribution in [-0.2, 0) is 9.59 Å². The fourth-order valence-electron chi connectivity index (χ4n) is 2.26. The molecule has 0 bridgehead atoms. The predicted octanol–water partition coefficient (Wildman–Crippen LogP) is 4.14. The van der Waals surface area contributed by atoms with Crippen molar-refractivity contribution in [1.29, 1.82) is 0 Å². The van der Waals surface area contributed by atoms with Gasteiger partial charge in [0.1, 0.15) is 5.75 Å². The number of rotatable bonds is 8. The van der Waals surface area contributed by atoms with E-state index in [9.17, 15) is 9.59 Å². The lowest BCUT2D eigenvalue weighted by molar-refractivity contribution is -0.116. The summed E-state index contributed by atoms with van der Waals surface area (Å²) in [5.41, 5.74) is 1.80. The van der Waals surface area contributed by atoms with Crippen LogP contribution in [-0.4, -0.2) is 25.5 Å². The molecule has 0 aliphatic rings. The van der Waals surface area contributed by atoms with Crippen LogP contribution in [0, 0.1) is 0 Å². The molecule has 2 aromatic carbocycles. The quantitative estimate of drug-likeness (QED) is 0.648. The first-order chi connectivity index (χ1) is 12.5. The molecule has 3 N–H and O–H groups in total. The highest BCUT2D eigenvalue weighted by molar-refractivity contribution is 6.33. The van der Waals surface area contributed by atoms with Gasteiger partial charge in [0.2, 0.25) is 11.8 Å². The van der Waals surface area contributed by atoms with E-state index in [1.165, 1.54) is 0 Å². The van der Waals surface area contributed by atoms with Gasteiger partial charge in [-0.2, -0.15) is 0 Å². The summed E-state index contributed by atoms with van der Waals surface area (Å²) in [5.74, 6) is 0.368. The second-order valence-electron chi connectivity index (χ2n) is 5.63. The second-order valence-corrected chi connectivity index (χ2v) is 6.03. The average molecular weight is 376 g/mol. The van der Waals surface area contributed by atoms with E-state index >= 15 is 0 Å². The summed E-state index contributed by atoms with van der Waals surface area (Å²) >= 11 is 6.13. The number of ether oxygens (including phenoxy) is 1. The van der Waals surface area contributed by atoms with Crippen molar-refractivity contribution < 1.29 is 14.3 Å². The molecule has 0 spiro atoms. The average Bonchev–Trinajstić information content (AvgIpc) is 2.63. The highest BCUT2D eigenvalue weighted by Gasteiger charge is 2.09. The van der Waals surface area contributed by atoms with Crippen molar-refractivity contribution in [3.8, 4) is 5.75 Å². The van der Waals surface area contributed by atoms with Crippen molar-refractivity contribution in [1.82, 2.24) is 0 Å². The van der Waals surface area contributed by atoms with Crippen molar-refractivity contribution >= 4 is 40.5 Å². The second kappa shape index (κ2) is 9.68. The SMILES string of the molecule is CCCC(=O)Nc1ccc(Cl)c(NC(=O)CNc2cccc(OC)c2)c1. The van der Waals surface area contributed by atoms with Crippen LogP contribution < -0.4 is 20.7 Å². The van der Waals surface area contributed by atoms with E-state index in [2.05, 4.69) is 16.0 Å². The molecule has 138 valence electrons. The van der Waals surface area contributed by atoms with Gasteiger partial charge in [-0.25, -0.2) is 0 Å². The molecule has 0 aliphatic heterocycles. The minimum absolute atomic E-state index is 0.0654. The van der Waals surface area contributed by atoms with Crippen LogP contribution in [0.1, 0.15) is 19.8 Å². The topological polar surface area (TPSA) is 79.5 Å². The van der Waals surface area contributed by atoms with Crippen LogP contribution in [0.5, 0.6) is 5.75 Å². The molecule has 2 aromatic rings. The number of halogens is 1. The number of hydrogen-bond acceptors (Lipinski definition) is 4. The van der Waals surface area contributed by atoms with Gasteiger partial charge < -0.3 is 20.7 Å². The number of benzene rings is 2. The van der Waals surface area contributed by atoms with Crippen LogP contribution in [0.15, 0.2) is 42.5 Å². The molecule has 6 nitrogen and oxygen atoms in total. The zero-order chi connectivity index (χ0) is 18.9. The first-order valence-corrected chi connectivity index (χ1v) is 8.66. The number of carbonyl (C=O) groups excluding carboxylic acids is 2. The third-order valence-corrected chi connectivity index (χ3v) is 3.85. The molecule has 0 aliphatic carbocycles. The standard InChI is InChI=1S/C19H22ClN3O3/c1-3-5-18(24)22-14-8-9-16(20)17(11-14)23-19(25)12-21-13-6-4-7-15(10-13)26-2/h4,6-11,21H,3,5,12H2,1-2H3,(H,22,24)(H,23,25). The number of hydrogen-bond donors (Lipinski definition) is 3. The molecule has 26 heavy (non-hydrogen) atoms. The Morgan fingerprint density at radius 2 is 1.85 bits per heavy atom. The molecule has 7 heteroatoms. The zero-order valence-electron chi connectivity index (χ0n) is 14.8. The van der Waals surface area contributed by atoms with Gasteiger partial charge in [0.25, 0.3) is 0 Å². The van der Waals surface area contributed by atoms with Gasteiger partial charge in [0.05, 0.1) is 24.4 Å². The summed E-state index contributed by atoms with van der Waals surface area (Å²) in [5, 5.41) is 8.93. The molecule has 2 rings (SSSR count). The first kappa shape index (κ1) is 19.6. The molecule has 2 amide bonds. The molecule has 0 fully saturated rings. The van der Waals surface area contributed by atoms with Crippen molar-refractivity contribution in [2.75, 3.05) is 29.6 Å². The van der Waals surface area contributed by atoms with Crippen molar-refractivity contribution in [3.05, 3.63) is 47.5 Å². The Morgan fingerprint density at radius 3 is 2.58 bits per heavy atom. The fourth-order valence-corrected chi connectivity index (χ4v) is 2.42. The van der Waals surface area contributed by atoms with Crippen LogP contribution >= 0.6 is 11.6 Å². The van der Waals surface area contributed by atoms with Crippen molar-refractivity contribution in [2.45, 2.75) is 19.8 Å². The van der Waals surface area contributed by atoms with Crippen molar-refractivity contribution in [2.24, 2.45) is 0 Å². The van der Waals surface area contributed by atoms with Crippen LogP contribution in [0.2, 0.25) is 5.02 Å². The Labute approximate surface area is 157 Å².